The highest BCUT2D eigenvalue weighted by Gasteiger charge is 2.04. The molecule has 0 N–H and O–H groups in total. The molecular weight excluding hydrogens is 158 g/mol. The highest BCUT2D eigenvalue weighted by molar-refractivity contribution is 5.61. The highest BCUT2D eigenvalue weighted by atomic mass is 14.7. The van der Waals surface area contributed by atoms with Gasteiger partial charge in [0.15, 0.2) is 0 Å². The molecule has 0 aliphatic carbocycles. The van der Waals surface area contributed by atoms with Crippen molar-refractivity contribution >= 4 is 5.57 Å². The fourth-order valence-corrected chi connectivity index (χ4v) is 1.19. The van der Waals surface area contributed by atoms with Gasteiger partial charge in [0.25, 0.3) is 0 Å². The zero-order valence-corrected chi connectivity index (χ0v) is 8.67. The number of hydrogen-bond acceptors (Lipinski definition) is 1. The molecule has 1 nitrogen and oxygen atoms in total. The molecule has 1 heterocycles. The van der Waals surface area contributed by atoms with Crippen molar-refractivity contribution in [2.75, 3.05) is 0 Å². The van der Waals surface area contributed by atoms with Crippen molar-refractivity contribution in [3.05, 3.63) is 36.2 Å². The van der Waals surface area contributed by atoms with E-state index in [-0.39, 0.29) is 0 Å². The second kappa shape index (κ2) is 4.22. The molecule has 1 unspecified atom stereocenters. The monoisotopic (exact) mass is 175 g/mol. The standard InChI is InChI=1S/C12H17N/c1-5-10(4)12-8-11(9(2)3)6-7-13-12/h6-8,10H,2,5H2,1,3-4H3. The second-order valence-corrected chi connectivity index (χ2v) is 3.56. The Morgan fingerprint density at radius 2 is 2.31 bits per heavy atom. The van der Waals surface area contributed by atoms with E-state index >= 15 is 0 Å². The first kappa shape index (κ1) is 9.97. The molecule has 1 aromatic heterocycles. The lowest BCUT2D eigenvalue weighted by atomic mass is 10.0. The Kier molecular flexibility index (Phi) is 3.24. The van der Waals surface area contributed by atoms with Crippen LogP contribution in [0.3, 0.4) is 0 Å². The number of aromatic nitrogens is 1. The van der Waals surface area contributed by atoms with Crippen LogP contribution < -0.4 is 0 Å². The Morgan fingerprint density at radius 1 is 1.62 bits per heavy atom. The predicted molar refractivity (Wildman–Crippen MR) is 57.7 cm³/mol. The number of nitrogens with zero attached hydrogens (tertiary/aromatic N) is 1. The molecule has 0 spiro atoms. The fourth-order valence-electron chi connectivity index (χ4n) is 1.19. The summed E-state index contributed by atoms with van der Waals surface area (Å²) in [6.45, 7) is 10.3. The molecule has 0 aliphatic heterocycles. The van der Waals surface area contributed by atoms with Crippen molar-refractivity contribution < 1.29 is 0 Å². The van der Waals surface area contributed by atoms with Crippen LogP contribution >= 0.6 is 0 Å². The number of rotatable bonds is 3. The zero-order chi connectivity index (χ0) is 9.84. The smallest absolute Gasteiger partial charge is 0.0437 e. The highest BCUT2D eigenvalue weighted by Crippen LogP contribution is 2.19. The van der Waals surface area contributed by atoms with E-state index in [2.05, 4.69) is 31.5 Å². The topological polar surface area (TPSA) is 12.9 Å². The minimum absolute atomic E-state index is 0.541. The molecule has 0 bridgehead atoms. The summed E-state index contributed by atoms with van der Waals surface area (Å²) in [7, 11) is 0. The number of allylic oxidation sites excluding steroid dienone is 1. The third-order valence-electron chi connectivity index (χ3n) is 2.39. The van der Waals surface area contributed by atoms with Gasteiger partial charge in [-0.3, -0.25) is 4.98 Å². The quantitative estimate of drug-likeness (QED) is 0.683. The van der Waals surface area contributed by atoms with Crippen LogP contribution in [0.1, 0.15) is 44.4 Å². The zero-order valence-electron chi connectivity index (χ0n) is 8.67. The molecule has 1 heteroatoms. The molecular formula is C12H17N. The maximum absolute atomic E-state index is 4.35. The van der Waals surface area contributed by atoms with E-state index in [4.69, 9.17) is 0 Å². The first-order valence-electron chi connectivity index (χ1n) is 4.77. The lowest BCUT2D eigenvalue weighted by molar-refractivity contribution is 0.708. The lowest BCUT2D eigenvalue weighted by Crippen LogP contribution is -1.95. The van der Waals surface area contributed by atoms with Crippen molar-refractivity contribution in [1.82, 2.24) is 4.98 Å². The average molecular weight is 175 g/mol. The minimum Gasteiger partial charge on any atom is -0.261 e. The Labute approximate surface area is 80.5 Å². The Morgan fingerprint density at radius 3 is 2.85 bits per heavy atom. The van der Waals surface area contributed by atoms with Crippen LogP contribution in [-0.4, -0.2) is 4.98 Å². The molecule has 70 valence electrons. The molecule has 1 rings (SSSR count). The first-order chi connectivity index (χ1) is 6.15. The number of pyridine rings is 1. The van der Waals surface area contributed by atoms with Crippen LogP contribution in [0.25, 0.3) is 5.57 Å². The van der Waals surface area contributed by atoms with E-state index in [1.807, 2.05) is 19.2 Å². The summed E-state index contributed by atoms with van der Waals surface area (Å²) in [5.41, 5.74) is 3.47. The van der Waals surface area contributed by atoms with E-state index < -0.39 is 0 Å². The summed E-state index contributed by atoms with van der Waals surface area (Å²) in [5, 5.41) is 0. The van der Waals surface area contributed by atoms with Gasteiger partial charge in [-0.15, -0.1) is 0 Å². The minimum atomic E-state index is 0.541. The Balaban J connectivity index is 2.98. The first-order valence-corrected chi connectivity index (χ1v) is 4.77. The molecule has 0 aromatic carbocycles. The summed E-state index contributed by atoms with van der Waals surface area (Å²) in [4.78, 5) is 4.35. The van der Waals surface area contributed by atoms with E-state index in [9.17, 15) is 0 Å². The maximum Gasteiger partial charge on any atom is 0.0437 e. The molecule has 13 heavy (non-hydrogen) atoms. The summed E-state index contributed by atoms with van der Waals surface area (Å²) in [6.07, 6.45) is 3.00. The van der Waals surface area contributed by atoms with E-state index in [0.717, 1.165) is 12.0 Å². The van der Waals surface area contributed by atoms with Crippen LogP contribution in [0.4, 0.5) is 0 Å². The van der Waals surface area contributed by atoms with E-state index in [1.54, 1.807) is 0 Å². The molecule has 0 aliphatic rings. The van der Waals surface area contributed by atoms with Gasteiger partial charge in [0.2, 0.25) is 0 Å². The van der Waals surface area contributed by atoms with Gasteiger partial charge >= 0.3 is 0 Å². The summed E-state index contributed by atoms with van der Waals surface area (Å²) in [6, 6.07) is 4.14. The van der Waals surface area contributed by atoms with Gasteiger partial charge < -0.3 is 0 Å². The van der Waals surface area contributed by atoms with Gasteiger partial charge in [-0.05, 0) is 37.0 Å². The van der Waals surface area contributed by atoms with Crippen LogP contribution in [-0.2, 0) is 0 Å². The van der Waals surface area contributed by atoms with Crippen LogP contribution in [0.5, 0.6) is 0 Å². The summed E-state index contributed by atoms with van der Waals surface area (Å²) in [5.74, 6) is 0.541. The largest absolute Gasteiger partial charge is 0.261 e. The molecule has 0 radical (unpaired) electrons. The van der Waals surface area contributed by atoms with Gasteiger partial charge in [-0.2, -0.15) is 0 Å². The van der Waals surface area contributed by atoms with Crippen molar-refractivity contribution in [1.29, 1.82) is 0 Å². The van der Waals surface area contributed by atoms with Gasteiger partial charge in [-0.1, -0.05) is 26.0 Å². The Hall–Kier alpha value is -1.11. The Bertz CT molecular complexity index is 302. The van der Waals surface area contributed by atoms with Crippen molar-refractivity contribution in [3.63, 3.8) is 0 Å². The van der Waals surface area contributed by atoms with Gasteiger partial charge in [0.05, 0.1) is 0 Å². The summed E-state index contributed by atoms with van der Waals surface area (Å²) < 4.78 is 0. The molecule has 1 atom stereocenters. The summed E-state index contributed by atoms with van der Waals surface area (Å²) >= 11 is 0. The second-order valence-electron chi connectivity index (χ2n) is 3.56. The lowest BCUT2D eigenvalue weighted by Gasteiger charge is -2.09. The van der Waals surface area contributed by atoms with Crippen LogP contribution in [0.15, 0.2) is 24.9 Å². The molecule has 0 saturated heterocycles. The van der Waals surface area contributed by atoms with E-state index in [0.29, 0.717) is 5.92 Å². The van der Waals surface area contributed by atoms with Crippen LogP contribution in [0, 0.1) is 0 Å². The third kappa shape index (κ3) is 2.41. The molecule has 0 saturated carbocycles. The van der Waals surface area contributed by atoms with Gasteiger partial charge in [-0.25, -0.2) is 0 Å². The maximum atomic E-state index is 4.35. The van der Waals surface area contributed by atoms with Crippen molar-refractivity contribution in [3.8, 4) is 0 Å². The SMILES string of the molecule is C=C(C)c1ccnc(C(C)CC)c1. The van der Waals surface area contributed by atoms with Crippen molar-refractivity contribution in [2.24, 2.45) is 0 Å². The van der Waals surface area contributed by atoms with Gasteiger partial charge in [0.1, 0.15) is 0 Å². The third-order valence-corrected chi connectivity index (χ3v) is 2.39. The molecule has 0 amide bonds. The normalized spacial score (nSPS) is 12.5. The van der Waals surface area contributed by atoms with Crippen molar-refractivity contribution in [2.45, 2.75) is 33.1 Å². The predicted octanol–water partition coefficient (Wildman–Crippen LogP) is 3.63. The van der Waals surface area contributed by atoms with E-state index in [1.165, 1.54) is 11.3 Å². The van der Waals surface area contributed by atoms with Gasteiger partial charge in [0, 0.05) is 11.9 Å². The average Bonchev–Trinajstić information content (AvgIpc) is 2.17. The fraction of sp³-hybridized carbons (Fsp3) is 0.417. The number of hydrogen-bond donors (Lipinski definition) is 0. The molecule has 1 aromatic rings. The van der Waals surface area contributed by atoms with Crippen LogP contribution in [0.2, 0.25) is 0 Å². The molecule has 0 fully saturated rings.